The first-order valence-electron chi connectivity index (χ1n) is 10.3. The summed E-state index contributed by atoms with van der Waals surface area (Å²) in [5.74, 6) is -0.698. The van der Waals surface area contributed by atoms with Gasteiger partial charge in [-0.2, -0.15) is 5.10 Å². The van der Waals surface area contributed by atoms with E-state index in [4.69, 9.17) is 0 Å². The van der Waals surface area contributed by atoms with Gasteiger partial charge in [-0.1, -0.05) is 17.4 Å². The highest BCUT2D eigenvalue weighted by Crippen LogP contribution is 2.44. The highest BCUT2D eigenvalue weighted by atomic mass is 79.9. The third-order valence-electron chi connectivity index (χ3n) is 5.63. The standard InChI is InChI=1S/C20H18BrF2N7O2S/c1-9-11(4-5-12(21)24-9)8-29-6-7-30-15(19(29)32)13(10-2-3-10)14(28-30)17(31)25-20-27-26-18(33-20)16(22)23/h4-5,10,16H,2-3,6-8H2,1H3,(H,25,27,31). The van der Waals surface area contributed by atoms with Crippen LogP contribution < -0.4 is 5.32 Å². The van der Waals surface area contributed by atoms with Crippen molar-refractivity contribution in [1.82, 2.24) is 29.9 Å². The number of carbonyl (C=O) groups excluding carboxylic acids is 2. The van der Waals surface area contributed by atoms with Gasteiger partial charge in [-0.3, -0.25) is 19.6 Å². The van der Waals surface area contributed by atoms with Crippen molar-refractivity contribution in [2.75, 3.05) is 11.9 Å². The molecule has 0 spiro atoms. The van der Waals surface area contributed by atoms with E-state index in [2.05, 4.69) is 41.5 Å². The number of fused-ring (bicyclic) bond motifs is 1. The molecule has 9 nitrogen and oxygen atoms in total. The summed E-state index contributed by atoms with van der Waals surface area (Å²) in [4.78, 5) is 32.5. The summed E-state index contributed by atoms with van der Waals surface area (Å²) in [5, 5.41) is 13.4. The number of pyridine rings is 1. The Kier molecular flexibility index (Phi) is 5.69. The molecule has 0 aromatic carbocycles. The number of anilines is 1. The predicted molar refractivity (Wildman–Crippen MR) is 118 cm³/mol. The Morgan fingerprint density at radius 2 is 2.09 bits per heavy atom. The molecule has 33 heavy (non-hydrogen) atoms. The van der Waals surface area contributed by atoms with Gasteiger partial charge in [0.1, 0.15) is 10.3 Å². The second kappa shape index (κ2) is 8.52. The molecule has 3 aromatic rings. The molecule has 0 atom stereocenters. The Hall–Kier alpha value is -2.80. The maximum atomic E-state index is 13.4. The van der Waals surface area contributed by atoms with E-state index in [-0.39, 0.29) is 22.7 Å². The first-order valence-corrected chi connectivity index (χ1v) is 11.9. The Morgan fingerprint density at radius 1 is 1.30 bits per heavy atom. The molecule has 1 saturated carbocycles. The molecule has 5 rings (SSSR count). The zero-order valence-electron chi connectivity index (χ0n) is 17.4. The minimum Gasteiger partial charge on any atom is -0.331 e. The average molecular weight is 538 g/mol. The number of hydrogen-bond donors (Lipinski definition) is 1. The molecule has 1 N–H and O–H groups in total. The Labute approximate surface area is 199 Å². The third-order valence-corrected chi connectivity index (χ3v) is 6.92. The quantitative estimate of drug-likeness (QED) is 0.477. The van der Waals surface area contributed by atoms with Gasteiger partial charge >= 0.3 is 0 Å². The summed E-state index contributed by atoms with van der Waals surface area (Å²) in [7, 11) is 0. The van der Waals surface area contributed by atoms with Crippen LogP contribution in [-0.4, -0.2) is 48.2 Å². The number of hydrogen-bond acceptors (Lipinski definition) is 7. The molecular formula is C20H18BrF2N7O2S. The fourth-order valence-electron chi connectivity index (χ4n) is 3.87. The fraction of sp³-hybridized carbons (Fsp3) is 0.400. The smallest absolute Gasteiger partial charge is 0.291 e. The molecule has 2 aliphatic rings. The van der Waals surface area contributed by atoms with E-state index in [1.165, 1.54) is 0 Å². The van der Waals surface area contributed by atoms with Crippen LogP contribution in [0.5, 0.6) is 0 Å². The second-order valence-corrected chi connectivity index (χ2v) is 9.74. The summed E-state index contributed by atoms with van der Waals surface area (Å²) in [6.07, 6.45) is -1.05. The molecule has 4 heterocycles. The van der Waals surface area contributed by atoms with Gasteiger partial charge in [-0.25, -0.2) is 13.8 Å². The van der Waals surface area contributed by atoms with Crippen LogP contribution >= 0.6 is 27.3 Å². The summed E-state index contributed by atoms with van der Waals surface area (Å²) < 4.78 is 27.9. The predicted octanol–water partition coefficient (Wildman–Crippen LogP) is 3.92. The average Bonchev–Trinajstić information content (AvgIpc) is 3.36. The van der Waals surface area contributed by atoms with Crippen LogP contribution in [-0.2, 0) is 13.1 Å². The van der Waals surface area contributed by atoms with Crippen molar-refractivity contribution in [2.24, 2.45) is 0 Å². The van der Waals surface area contributed by atoms with Crippen LogP contribution in [0.3, 0.4) is 0 Å². The summed E-state index contributed by atoms with van der Waals surface area (Å²) in [5.41, 5.74) is 2.95. The van der Waals surface area contributed by atoms with E-state index in [9.17, 15) is 18.4 Å². The topological polar surface area (TPSA) is 106 Å². The van der Waals surface area contributed by atoms with Crippen LogP contribution in [0.4, 0.5) is 13.9 Å². The van der Waals surface area contributed by atoms with E-state index in [0.29, 0.717) is 42.2 Å². The van der Waals surface area contributed by atoms with Crippen molar-refractivity contribution >= 4 is 44.2 Å². The van der Waals surface area contributed by atoms with Crippen molar-refractivity contribution in [3.8, 4) is 0 Å². The Bertz CT molecular complexity index is 1260. The first-order chi connectivity index (χ1) is 15.8. The van der Waals surface area contributed by atoms with Gasteiger partial charge in [0.15, 0.2) is 10.7 Å². The van der Waals surface area contributed by atoms with Crippen molar-refractivity contribution in [1.29, 1.82) is 0 Å². The molecule has 13 heteroatoms. The highest BCUT2D eigenvalue weighted by molar-refractivity contribution is 9.10. The zero-order valence-corrected chi connectivity index (χ0v) is 19.8. The molecule has 0 unspecified atom stereocenters. The SMILES string of the molecule is Cc1nc(Br)ccc1CN1CCn2nc(C(=O)Nc3nnc(C(F)F)s3)c(C3CC3)c2C1=O. The van der Waals surface area contributed by atoms with Crippen molar-refractivity contribution < 1.29 is 18.4 Å². The van der Waals surface area contributed by atoms with Crippen molar-refractivity contribution in [2.45, 2.75) is 45.2 Å². The van der Waals surface area contributed by atoms with Crippen LogP contribution in [0.2, 0.25) is 0 Å². The number of aromatic nitrogens is 5. The lowest BCUT2D eigenvalue weighted by atomic mass is 10.0. The number of carbonyl (C=O) groups is 2. The van der Waals surface area contributed by atoms with Gasteiger partial charge in [-0.05, 0) is 53.2 Å². The van der Waals surface area contributed by atoms with E-state index >= 15 is 0 Å². The van der Waals surface area contributed by atoms with Gasteiger partial charge in [0.2, 0.25) is 5.13 Å². The summed E-state index contributed by atoms with van der Waals surface area (Å²) >= 11 is 3.96. The first kappa shape index (κ1) is 22.0. The monoisotopic (exact) mass is 537 g/mol. The van der Waals surface area contributed by atoms with Crippen molar-refractivity contribution in [3.05, 3.63) is 50.0 Å². The second-order valence-electron chi connectivity index (χ2n) is 7.91. The normalized spacial score (nSPS) is 15.8. The summed E-state index contributed by atoms with van der Waals surface area (Å²) in [6, 6.07) is 3.77. The van der Waals surface area contributed by atoms with Crippen LogP contribution in [0.25, 0.3) is 0 Å². The van der Waals surface area contributed by atoms with Gasteiger partial charge in [-0.15, -0.1) is 10.2 Å². The van der Waals surface area contributed by atoms with Gasteiger partial charge in [0, 0.05) is 24.3 Å². The highest BCUT2D eigenvalue weighted by Gasteiger charge is 2.40. The van der Waals surface area contributed by atoms with Gasteiger partial charge < -0.3 is 4.90 Å². The lowest BCUT2D eigenvalue weighted by molar-refractivity contribution is 0.0681. The molecule has 1 aliphatic carbocycles. The van der Waals surface area contributed by atoms with Crippen molar-refractivity contribution in [3.63, 3.8) is 0 Å². The number of rotatable bonds is 6. The molecule has 172 valence electrons. The lowest BCUT2D eigenvalue weighted by Gasteiger charge is -2.28. The van der Waals surface area contributed by atoms with Gasteiger partial charge in [0.25, 0.3) is 18.2 Å². The Morgan fingerprint density at radius 3 is 2.76 bits per heavy atom. The number of amides is 2. The third kappa shape index (κ3) is 4.26. The molecule has 0 bridgehead atoms. The molecule has 2 amide bonds. The van der Waals surface area contributed by atoms with Crippen LogP contribution in [0.15, 0.2) is 16.7 Å². The van der Waals surface area contributed by atoms with Crippen LogP contribution in [0, 0.1) is 6.92 Å². The number of nitrogens with zero attached hydrogens (tertiary/aromatic N) is 6. The number of nitrogens with one attached hydrogen (secondary N) is 1. The molecular weight excluding hydrogens is 520 g/mol. The van der Waals surface area contributed by atoms with E-state index < -0.39 is 17.3 Å². The minimum atomic E-state index is -2.76. The molecule has 0 radical (unpaired) electrons. The summed E-state index contributed by atoms with van der Waals surface area (Å²) in [6.45, 7) is 3.19. The zero-order chi connectivity index (χ0) is 23.3. The van der Waals surface area contributed by atoms with Crippen LogP contribution in [0.1, 0.15) is 68.0 Å². The van der Waals surface area contributed by atoms with E-state index in [1.54, 1.807) is 9.58 Å². The fourth-order valence-corrected chi connectivity index (χ4v) is 4.86. The maximum absolute atomic E-state index is 13.4. The molecule has 0 saturated heterocycles. The largest absolute Gasteiger partial charge is 0.331 e. The maximum Gasteiger partial charge on any atom is 0.291 e. The van der Waals surface area contributed by atoms with E-state index in [1.807, 2.05) is 19.1 Å². The molecule has 1 aliphatic heterocycles. The number of alkyl halides is 2. The van der Waals surface area contributed by atoms with E-state index in [0.717, 1.165) is 28.7 Å². The molecule has 1 fully saturated rings. The number of halogens is 3. The van der Waals surface area contributed by atoms with Gasteiger partial charge in [0.05, 0.1) is 6.54 Å². The number of aryl methyl sites for hydroxylation is 1. The lowest BCUT2D eigenvalue weighted by Crippen LogP contribution is -2.40. The minimum absolute atomic E-state index is 0.0332. The molecule has 3 aromatic heterocycles. The Balaban J connectivity index is 1.42.